The van der Waals surface area contributed by atoms with Gasteiger partial charge in [-0.15, -0.1) is 5.10 Å². The average Bonchev–Trinajstić information content (AvgIpc) is 3.20. The lowest BCUT2D eigenvalue weighted by Gasteiger charge is -2.16. The van der Waals surface area contributed by atoms with Crippen molar-refractivity contribution in [3.8, 4) is 0 Å². The lowest BCUT2D eigenvalue weighted by Crippen LogP contribution is -2.38. The zero-order valence-corrected chi connectivity index (χ0v) is 14.1. The van der Waals surface area contributed by atoms with E-state index in [4.69, 9.17) is 26.7 Å². The predicted octanol–water partition coefficient (Wildman–Crippen LogP) is -3.00. The highest BCUT2D eigenvalue weighted by atomic mass is 16.6. The van der Waals surface area contributed by atoms with Crippen LogP contribution in [0.3, 0.4) is 0 Å². The van der Waals surface area contributed by atoms with Crippen LogP contribution in [0.1, 0.15) is 36.1 Å². The number of aliphatic hydroxyl groups is 2. The summed E-state index contributed by atoms with van der Waals surface area (Å²) in [5.74, 6) is -1.73. The molecule has 0 aromatic carbocycles. The van der Waals surface area contributed by atoms with Gasteiger partial charge in [-0.05, 0) is 19.4 Å². The van der Waals surface area contributed by atoms with Gasteiger partial charge in [0.2, 0.25) is 5.82 Å². The van der Waals surface area contributed by atoms with E-state index in [0.29, 0.717) is 19.4 Å². The van der Waals surface area contributed by atoms with Gasteiger partial charge >= 0.3 is 5.97 Å². The van der Waals surface area contributed by atoms with Gasteiger partial charge in [0.15, 0.2) is 6.23 Å². The Kier molecular flexibility index (Phi) is 6.99. The van der Waals surface area contributed by atoms with E-state index < -0.39 is 42.5 Å². The van der Waals surface area contributed by atoms with Crippen LogP contribution in [-0.2, 0) is 14.3 Å². The minimum atomic E-state index is -1.36. The Balaban J connectivity index is 1.88. The fourth-order valence-corrected chi connectivity index (χ4v) is 2.49. The molecule has 0 unspecified atom stereocenters. The van der Waals surface area contributed by atoms with Crippen molar-refractivity contribution >= 4 is 11.9 Å². The molecule has 0 bridgehead atoms. The van der Waals surface area contributed by atoms with Crippen LogP contribution in [0, 0.1) is 0 Å². The number of carbonyl (C=O) groups is 2. The molecule has 2 heterocycles. The molecular weight excluding hydrogens is 348 g/mol. The molecule has 2 rings (SSSR count). The summed E-state index contributed by atoms with van der Waals surface area (Å²) in [5, 5.41) is 23.9. The van der Waals surface area contributed by atoms with E-state index in [2.05, 4.69) is 10.1 Å². The number of esters is 1. The zero-order valence-electron chi connectivity index (χ0n) is 14.1. The number of aromatic nitrogens is 3. The number of aliphatic hydroxyl groups excluding tert-OH is 2. The van der Waals surface area contributed by atoms with Gasteiger partial charge in [-0.25, -0.2) is 9.67 Å². The molecule has 1 aromatic rings. The van der Waals surface area contributed by atoms with Crippen molar-refractivity contribution in [3.63, 3.8) is 0 Å². The van der Waals surface area contributed by atoms with E-state index in [-0.39, 0.29) is 12.4 Å². The van der Waals surface area contributed by atoms with E-state index in [1.54, 1.807) is 0 Å². The number of nitrogens with zero attached hydrogens (tertiary/aromatic N) is 3. The average molecular weight is 372 g/mol. The molecule has 1 saturated heterocycles. The number of carbonyl (C=O) groups excluding carboxylic acids is 2. The number of rotatable bonds is 9. The maximum atomic E-state index is 11.9. The second-order valence-corrected chi connectivity index (χ2v) is 5.98. The summed E-state index contributed by atoms with van der Waals surface area (Å²) in [6, 6.07) is -0.797. The lowest BCUT2D eigenvalue weighted by molar-refractivity contribution is -0.152. The molecule has 1 aliphatic rings. The van der Waals surface area contributed by atoms with Crippen molar-refractivity contribution in [2.24, 2.45) is 17.2 Å². The highest BCUT2D eigenvalue weighted by Gasteiger charge is 2.45. The maximum absolute atomic E-state index is 11.9. The molecule has 26 heavy (non-hydrogen) atoms. The molecule has 5 atom stereocenters. The van der Waals surface area contributed by atoms with Crippen LogP contribution in [0.15, 0.2) is 6.33 Å². The summed E-state index contributed by atoms with van der Waals surface area (Å²) in [6.45, 7) is 0.221. The smallest absolute Gasteiger partial charge is 0.323 e. The van der Waals surface area contributed by atoms with Crippen molar-refractivity contribution in [2.45, 2.75) is 49.8 Å². The van der Waals surface area contributed by atoms with Crippen molar-refractivity contribution in [1.29, 1.82) is 0 Å². The maximum Gasteiger partial charge on any atom is 0.323 e. The van der Waals surface area contributed by atoms with Gasteiger partial charge in [0.1, 0.15) is 37.3 Å². The molecule has 1 aliphatic heterocycles. The molecule has 1 amide bonds. The van der Waals surface area contributed by atoms with E-state index in [9.17, 15) is 19.8 Å². The lowest BCUT2D eigenvalue weighted by atomic mass is 10.1. The Bertz CT molecular complexity index is 625. The second kappa shape index (κ2) is 9.00. The van der Waals surface area contributed by atoms with Gasteiger partial charge in [0.05, 0.1) is 0 Å². The highest BCUT2D eigenvalue weighted by Crippen LogP contribution is 2.29. The molecular formula is C14H24N6O6. The van der Waals surface area contributed by atoms with Crippen molar-refractivity contribution < 1.29 is 29.3 Å². The van der Waals surface area contributed by atoms with Crippen LogP contribution < -0.4 is 17.2 Å². The third-order valence-corrected chi connectivity index (χ3v) is 3.99. The van der Waals surface area contributed by atoms with Crippen LogP contribution in [-0.4, -0.2) is 74.4 Å². The largest absolute Gasteiger partial charge is 0.462 e. The predicted molar refractivity (Wildman–Crippen MR) is 86.3 cm³/mol. The topological polar surface area (TPSA) is 202 Å². The summed E-state index contributed by atoms with van der Waals surface area (Å²) in [6.07, 6.45) is -1.76. The van der Waals surface area contributed by atoms with E-state index in [1.807, 2.05) is 0 Å². The first kappa shape index (κ1) is 20.2. The number of hydrogen-bond donors (Lipinski definition) is 5. The fraction of sp³-hybridized carbons (Fsp3) is 0.714. The number of unbranched alkanes of at least 4 members (excludes halogenated alkanes) is 1. The number of primary amides is 1. The molecule has 0 saturated carbocycles. The molecule has 1 aromatic heterocycles. The molecule has 146 valence electrons. The molecule has 12 nitrogen and oxygen atoms in total. The first-order chi connectivity index (χ1) is 12.3. The van der Waals surface area contributed by atoms with E-state index in [0.717, 1.165) is 17.4 Å². The first-order valence-electron chi connectivity index (χ1n) is 8.20. The van der Waals surface area contributed by atoms with Crippen molar-refractivity contribution in [1.82, 2.24) is 14.8 Å². The second-order valence-electron chi connectivity index (χ2n) is 5.98. The molecule has 1 fully saturated rings. The van der Waals surface area contributed by atoms with Crippen molar-refractivity contribution in [3.05, 3.63) is 12.2 Å². The Morgan fingerprint density at radius 2 is 2.08 bits per heavy atom. The minimum absolute atomic E-state index is 0.256. The summed E-state index contributed by atoms with van der Waals surface area (Å²) in [5.41, 5.74) is 16.2. The normalized spacial score (nSPS) is 26.6. The number of hydrogen-bond acceptors (Lipinski definition) is 10. The van der Waals surface area contributed by atoms with Gasteiger partial charge < -0.3 is 36.9 Å². The Morgan fingerprint density at radius 1 is 1.35 bits per heavy atom. The summed E-state index contributed by atoms with van der Waals surface area (Å²) in [7, 11) is 0. The standard InChI is InChI=1S/C14H24N6O6/c15-4-2-1-3-7(16)14(24)25-5-8-9(21)10(22)13(26-8)20-6-18-12(19-20)11(17)23/h6-10,13,21-22H,1-5,15-16H2,(H2,17,23)/t7-,8-,9-,10-,13-/m1/s1. The third-order valence-electron chi connectivity index (χ3n) is 3.99. The number of ether oxygens (including phenoxy) is 2. The molecule has 12 heteroatoms. The monoisotopic (exact) mass is 372 g/mol. The fourth-order valence-electron chi connectivity index (χ4n) is 2.49. The minimum Gasteiger partial charge on any atom is -0.462 e. The van der Waals surface area contributed by atoms with Gasteiger partial charge in [0.25, 0.3) is 5.91 Å². The Morgan fingerprint density at radius 3 is 2.69 bits per heavy atom. The van der Waals surface area contributed by atoms with Gasteiger partial charge in [-0.1, -0.05) is 6.42 Å². The van der Waals surface area contributed by atoms with Crippen molar-refractivity contribution in [2.75, 3.05) is 13.2 Å². The van der Waals surface area contributed by atoms with Crippen LogP contribution >= 0.6 is 0 Å². The Hall–Kier alpha value is -2.12. The molecule has 0 aliphatic carbocycles. The Labute approximate surface area is 149 Å². The van der Waals surface area contributed by atoms with Gasteiger partial charge in [-0.2, -0.15) is 0 Å². The first-order valence-corrected chi connectivity index (χ1v) is 8.20. The highest BCUT2D eigenvalue weighted by molar-refractivity contribution is 5.88. The summed E-state index contributed by atoms with van der Waals surface area (Å²) in [4.78, 5) is 26.6. The third kappa shape index (κ3) is 4.74. The molecule has 0 spiro atoms. The van der Waals surface area contributed by atoms with Gasteiger partial charge in [0, 0.05) is 0 Å². The molecule has 8 N–H and O–H groups in total. The quantitative estimate of drug-likeness (QED) is 0.219. The number of amides is 1. The van der Waals surface area contributed by atoms with Crippen LogP contribution in [0.5, 0.6) is 0 Å². The van der Waals surface area contributed by atoms with E-state index >= 15 is 0 Å². The summed E-state index contributed by atoms with van der Waals surface area (Å²) >= 11 is 0. The van der Waals surface area contributed by atoms with Crippen LogP contribution in [0.2, 0.25) is 0 Å². The van der Waals surface area contributed by atoms with Crippen LogP contribution in [0.4, 0.5) is 0 Å². The van der Waals surface area contributed by atoms with Crippen LogP contribution in [0.25, 0.3) is 0 Å². The zero-order chi connectivity index (χ0) is 19.3. The number of nitrogens with two attached hydrogens (primary N) is 3. The van der Waals surface area contributed by atoms with E-state index in [1.165, 1.54) is 0 Å². The SMILES string of the molecule is NCCCC[C@@H](N)C(=O)OC[C@H]1O[C@@H](n2cnc(C(N)=O)n2)[C@H](O)[C@@H]1O. The summed E-state index contributed by atoms with van der Waals surface area (Å²) < 4.78 is 11.6. The molecule has 0 radical (unpaired) electrons. The van der Waals surface area contributed by atoms with Gasteiger partial charge in [-0.3, -0.25) is 9.59 Å².